The molecule has 0 aliphatic heterocycles. The minimum absolute atomic E-state index is 0.0284. The van der Waals surface area contributed by atoms with Gasteiger partial charge in [0, 0.05) is 12.2 Å². The fourth-order valence-electron chi connectivity index (χ4n) is 1.84. The minimum Gasteiger partial charge on any atom is -0.478 e. The number of hydrogen-bond acceptors (Lipinski definition) is 4. The van der Waals surface area contributed by atoms with Crippen LogP contribution in [0.4, 0.5) is 0 Å². The van der Waals surface area contributed by atoms with Crippen LogP contribution in [-0.4, -0.2) is 21.3 Å². The van der Waals surface area contributed by atoms with Crippen LogP contribution in [0.25, 0.3) is 6.08 Å². The van der Waals surface area contributed by atoms with E-state index in [0.29, 0.717) is 5.89 Å². The summed E-state index contributed by atoms with van der Waals surface area (Å²) in [6.07, 6.45) is 3.09. The van der Waals surface area contributed by atoms with E-state index in [4.69, 9.17) is 9.52 Å². The lowest BCUT2D eigenvalue weighted by molar-refractivity contribution is -0.131. The first-order valence-corrected chi connectivity index (χ1v) is 6.00. The number of carboxylic acids is 1. The van der Waals surface area contributed by atoms with Gasteiger partial charge in [0.1, 0.15) is 0 Å². The zero-order chi connectivity index (χ0) is 13.7. The Morgan fingerprint density at radius 1 is 1.37 bits per heavy atom. The molecule has 0 saturated heterocycles. The van der Waals surface area contributed by atoms with Gasteiger partial charge in [0.25, 0.3) is 0 Å². The number of aromatic nitrogens is 2. The second-order valence-corrected chi connectivity index (χ2v) is 4.02. The van der Waals surface area contributed by atoms with E-state index in [-0.39, 0.29) is 11.8 Å². The maximum atomic E-state index is 10.4. The van der Waals surface area contributed by atoms with Gasteiger partial charge in [-0.25, -0.2) is 4.79 Å². The third kappa shape index (κ3) is 3.28. The molecular formula is C14H14N2O3. The molecule has 1 atom stereocenters. The molecule has 0 spiro atoms. The number of rotatable bonds is 5. The van der Waals surface area contributed by atoms with Crippen LogP contribution in [0.2, 0.25) is 0 Å². The van der Waals surface area contributed by atoms with Gasteiger partial charge in [0.15, 0.2) is 0 Å². The third-order valence-corrected chi connectivity index (χ3v) is 2.73. The Morgan fingerprint density at radius 2 is 2.11 bits per heavy atom. The van der Waals surface area contributed by atoms with Crippen molar-refractivity contribution in [1.29, 1.82) is 0 Å². The van der Waals surface area contributed by atoms with Crippen LogP contribution in [0.15, 0.2) is 40.8 Å². The number of nitrogens with zero attached hydrogens (tertiary/aromatic N) is 2. The van der Waals surface area contributed by atoms with Crippen molar-refractivity contribution in [3.8, 4) is 0 Å². The SMILES string of the molecule is CCC(c1ccccc1)c1nnc(/C=C/C(=O)O)o1. The predicted molar refractivity (Wildman–Crippen MR) is 69.5 cm³/mol. The monoisotopic (exact) mass is 258 g/mol. The van der Waals surface area contributed by atoms with E-state index in [1.165, 1.54) is 6.08 Å². The Morgan fingerprint density at radius 3 is 2.74 bits per heavy atom. The smallest absolute Gasteiger partial charge is 0.328 e. The number of carbonyl (C=O) groups is 1. The van der Waals surface area contributed by atoms with Crippen LogP contribution in [-0.2, 0) is 4.79 Å². The molecule has 0 radical (unpaired) electrons. The Hall–Kier alpha value is -2.43. The van der Waals surface area contributed by atoms with E-state index in [2.05, 4.69) is 10.2 Å². The lowest BCUT2D eigenvalue weighted by atomic mass is 9.97. The van der Waals surface area contributed by atoms with Gasteiger partial charge in [-0.05, 0) is 12.0 Å². The van der Waals surface area contributed by atoms with Gasteiger partial charge in [-0.1, -0.05) is 37.3 Å². The number of carboxylic acid groups (broad SMARTS) is 1. The molecular weight excluding hydrogens is 244 g/mol. The molecule has 98 valence electrons. The fourth-order valence-corrected chi connectivity index (χ4v) is 1.84. The summed E-state index contributed by atoms with van der Waals surface area (Å²) in [7, 11) is 0. The van der Waals surface area contributed by atoms with Gasteiger partial charge in [0.05, 0.1) is 5.92 Å². The Kier molecular flexibility index (Phi) is 4.07. The van der Waals surface area contributed by atoms with E-state index in [1.807, 2.05) is 37.3 Å². The molecule has 0 fully saturated rings. The van der Waals surface area contributed by atoms with Crippen LogP contribution in [0, 0.1) is 0 Å². The van der Waals surface area contributed by atoms with E-state index in [0.717, 1.165) is 18.1 Å². The number of benzene rings is 1. The molecule has 19 heavy (non-hydrogen) atoms. The summed E-state index contributed by atoms with van der Waals surface area (Å²) in [5, 5.41) is 16.3. The summed E-state index contributed by atoms with van der Waals surface area (Å²) in [5.74, 6) is -0.318. The highest BCUT2D eigenvalue weighted by Gasteiger charge is 2.18. The molecule has 0 aliphatic carbocycles. The molecule has 2 aromatic rings. The summed E-state index contributed by atoms with van der Waals surface area (Å²) in [6.45, 7) is 2.04. The van der Waals surface area contributed by atoms with Gasteiger partial charge in [0.2, 0.25) is 11.8 Å². The van der Waals surface area contributed by atoms with Crippen molar-refractivity contribution in [3.63, 3.8) is 0 Å². The van der Waals surface area contributed by atoms with Crippen molar-refractivity contribution in [2.75, 3.05) is 0 Å². The highest BCUT2D eigenvalue weighted by molar-refractivity contribution is 5.84. The van der Waals surface area contributed by atoms with Crippen molar-refractivity contribution in [1.82, 2.24) is 10.2 Å². The molecule has 0 saturated carbocycles. The average Bonchev–Trinajstić information content (AvgIpc) is 2.87. The molecule has 1 aromatic heterocycles. The summed E-state index contributed by atoms with van der Waals surface area (Å²) >= 11 is 0. The molecule has 0 bridgehead atoms. The molecule has 0 amide bonds. The van der Waals surface area contributed by atoms with Crippen LogP contribution in [0.5, 0.6) is 0 Å². The molecule has 0 aliphatic rings. The minimum atomic E-state index is -1.05. The van der Waals surface area contributed by atoms with Gasteiger partial charge >= 0.3 is 5.97 Å². The van der Waals surface area contributed by atoms with Crippen LogP contribution in [0.1, 0.15) is 36.6 Å². The summed E-state index contributed by atoms with van der Waals surface area (Å²) in [5.41, 5.74) is 1.10. The summed E-state index contributed by atoms with van der Waals surface area (Å²) in [4.78, 5) is 10.4. The Bertz CT molecular complexity index is 575. The van der Waals surface area contributed by atoms with Crippen molar-refractivity contribution in [3.05, 3.63) is 53.8 Å². The van der Waals surface area contributed by atoms with Crippen molar-refractivity contribution < 1.29 is 14.3 Å². The summed E-state index contributed by atoms with van der Waals surface area (Å²) in [6, 6.07) is 9.88. The lowest BCUT2D eigenvalue weighted by Gasteiger charge is -2.09. The normalized spacial score (nSPS) is 12.7. The van der Waals surface area contributed by atoms with E-state index in [1.54, 1.807) is 0 Å². The average molecular weight is 258 g/mol. The summed E-state index contributed by atoms with van der Waals surface area (Å²) < 4.78 is 5.47. The van der Waals surface area contributed by atoms with E-state index >= 15 is 0 Å². The quantitative estimate of drug-likeness (QED) is 0.834. The van der Waals surface area contributed by atoms with Gasteiger partial charge < -0.3 is 9.52 Å². The fraction of sp³-hybridized carbons (Fsp3) is 0.214. The molecule has 5 heteroatoms. The maximum Gasteiger partial charge on any atom is 0.328 e. The zero-order valence-corrected chi connectivity index (χ0v) is 10.5. The molecule has 2 rings (SSSR count). The number of hydrogen-bond donors (Lipinski definition) is 1. The highest BCUT2D eigenvalue weighted by Crippen LogP contribution is 2.26. The molecule has 5 nitrogen and oxygen atoms in total. The van der Waals surface area contributed by atoms with E-state index in [9.17, 15) is 4.79 Å². The van der Waals surface area contributed by atoms with Gasteiger partial charge in [-0.2, -0.15) is 0 Å². The van der Waals surface area contributed by atoms with Crippen LogP contribution in [0.3, 0.4) is 0 Å². The molecule has 1 heterocycles. The standard InChI is InChI=1S/C14H14N2O3/c1-2-11(10-6-4-3-5-7-10)14-16-15-12(19-14)8-9-13(17)18/h3-9,11H,2H2,1H3,(H,17,18)/b9-8+. The van der Waals surface area contributed by atoms with E-state index < -0.39 is 5.97 Å². The highest BCUT2D eigenvalue weighted by atomic mass is 16.4. The maximum absolute atomic E-state index is 10.4. The van der Waals surface area contributed by atoms with Crippen molar-refractivity contribution in [2.45, 2.75) is 19.3 Å². The first-order chi connectivity index (χ1) is 9.20. The van der Waals surface area contributed by atoms with Crippen molar-refractivity contribution >= 4 is 12.0 Å². The largest absolute Gasteiger partial charge is 0.478 e. The lowest BCUT2D eigenvalue weighted by Crippen LogP contribution is -1.99. The third-order valence-electron chi connectivity index (χ3n) is 2.73. The number of aliphatic carboxylic acids is 1. The van der Waals surface area contributed by atoms with Gasteiger partial charge in [-0.15, -0.1) is 10.2 Å². The van der Waals surface area contributed by atoms with Gasteiger partial charge in [-0.3, -0.25) is 0 Å². The predicted octanol–water partition coefficient (Wildman–Crippen LogP) is 2.71. The van der Waals surface area contributed by atoms with Crippen molar-refractivity contribution in [2.24, 2.45) is 0 Å². The molecule has 1 unspecified atom stereocenters. The Labute approximate surface area is 110 Å². The molecule has 1 N–H and O–H groups in total. The molecule has 1 aromatic carbocycles. The zero-order valence-electron chi connectivity index (χ0n) is 10.5. The van der Waals surface area contributed by atoms with Crippen LogP contribution < -0.4 is 0 Å². The second-order valence-electron chi connectivity index (χ2n) is 4.02. The first kappa shape index (κ1) is 13.0. The topological polar surface area (TPSA) is 76.2 Å². The van der Waals surface area contributed by atoms with Crippen LogP contribution >= 0.6 is 0 Å². The Balaban J connectivity index is 2.23. The second kappa shape index (κ2) is 5.95. The first-order valence-electron chi connectivity index (χ1n) is 6.00.